The number of aromatic nitrogens is 4. The molecule has 2 aromatic heterocycles. The lowest BCUT2D eigenvalue weighted by Gasteiger charge is -2.29. The van der Waals surface area contributed by atoms with Crippen LogP contribution in [-0.4, -0.2) is 54.7 Å². The number of nitrogens with one attached hydrogen (secondary N) is 1. The summed E-state index contributed by atoms with van der Waals surface area (Å²) in [6, 6.07) is 13.8. The molecule has 0 radical (unpaired) electrons. The van der Waals surface area contributed by atoms with E-state index < -0.39 is 10.9 Å². The van der Waals surface area contributed by atoms with Crippen LogP contribution in [0.5, 0.6) is 0 Å². The molecule has 10 nitrogen and oxygen atoms in total. The van der Waals surface area contributed by atoms with Crippen LogP contribution in [0.15, 0.2) is 54.9 Å². The number of rotatable bonds is 6. The van der Waals surface area contributed by atoms with Crippen molar-refractivity contribution in [3.8, 4) is 22.5 Å². The first kappa shape index (κ1) is 22.1. The largest absolute Gasteiger partial charge is 0.378 e. The number of ether oxygens (including phenoxy) is 1. The SMILES string of the molecule is Nc1ncc(-c2nc(N3CCOCC3)c3ccc(-c4cccc(CN[SH](=O)=O)c4)cc3n2)cn1. The number of morpholine rings is 1. The number of nitrogens with zero attached hydrogens (tertiary/aromatic N) is 5. The van der Waals surface area contributed by atoms with Crippen molar-refractivity contribution in [2.24, 2.45) is 0 Å². The average molecular weight is 478 g/mol. The van der Waals surface area contributed by atoms with Gasteiger partial charge >= 0.3 is 0 Å². The highest BCUT2D eigenvalue weighted by Gasteiger charge is 2.19. The van der Waals surface area contributed by atoms with E-state index >= 15 is 0 Å². The summed E-state index contributed by atoms with van der Waals surface area (Å²) in [5, 5.41) is 0.937. The van der Waals surface area contributed by atoms with Crippen molar-refractivity contribution in [2.75, 3.05) is 36.9 Å². The zero-order chi connectivity index (χ0) is 23.5. The Labute approximate surface area is 197 Å². The fraction of sp³-hybridized carbons (Fsp3) is 0.217. The Kier molecular flexibility index (Phi) is 6.30. The highest BCUT2D eigenvalue weighted by Crippen LogP contribution is 2.31. The van der Waals surface area contributed by atoms with Gasteiger partial charge < -0.3 is 15.4 Å². The van der Waals surface area contributed by atoms with Crippen molar-refractivity contribution in [3.05, 3.63) is 60.4 Å². The minimum atomic E-state index is -2.65. The van der Waals surface area contributed by atoms with Gasteiger partial charge in [0, 0.05) is 37.4 Å². The molecule has 1 saturated heterocycles. The summed E-state index contributed by atoms with van der Waals surface area (Å²) < 4.78 is 29.7. The van der Waals surface area contributed by atoms with Gasteiger partial charge in [0.15, 0.2) is 5.82 Å². The molecule has 34 heavy (non-hydrogen) atoms. The fourth-order valence-electron chi connectivity index (χ4n) is 3.91. The van der Waals surface area contributed by atoms with Gasteiger partial charge in [-0.15, -0.1) is 0 Å². The molecule has 0 atom stereocenters. The van der Waals surface area contributed by atoms with Crippen molar-refractivity contribution < 1.29 is 13.2 Å². The molecule has 4 aromatic rings. The molecule has 174 valence electrons. The van der Waals surface area contributed by atoms with E-state index in [1.54, 1.807) is 12.4 Å². The standard InChI is InChI=1S/C23H23N7O3S/c24-23-25-13-18(14-26-23)21-28-20-11-17(16-3-1-2-15(10-16)12-27-34(31)32)4-5-19(20)22(29-21)30-6-8-33-9-7-30/h1-5,10-11,13-14,34H,6-9,12H2,(H2,24,25,26)(H,27,31,32). The highest BCUT2D eigenvalue weighted by molar-refractivity contribution is 7.70. The average Bonchev–Trinajstić information content (AvgIpc) is 2.87. The summed E-state index contributed by atoms with van der Waals surface area (Å²) in [4.78, 5) is 20.0. The molecule has 3 N–H and O–H groups in total. The van der Waals surface area contributed by atoms with Gasteiger partial charge in [-0.2, -0.15) is 0 Å². The van der Waals surface area contributed by atoms with Crippen molar-refractivity contribution in [2.45, 2.75) is 6.54 Å². The topological polar surface area (TPSA) is 136 Å². The van der Waals surface area contributed by atoms with Gasteiger partial charge in [-0.25, -0.2) is 33.1 Å². The van der Waals surface area contributed by atoms with E-state index in [9.17, 15) is 8.42 Å². The Bertz CT molecular complexity index is 1400. The zero-order valence-electron chi connectivity index (χ0n) is 18.2. The number of fused-ring (bicyclic) bond motifs is 1. The maximum Gasteiger partial charge on any atom is 0.219 e. The molecule has 0 spiro atoms. The van der Waals surface area contributed by atoms with Crippen LogP contribution in [0.3, 0.4) is 0 Å². The number of nitrogen functional groups attached to an aromatic ring is 1. The van der Waals surface area contributed by atoms with E-state index in [-0.39, 0.29) is 12.5 Å². The van der Waals surface area contributed by atoms with Crippen molar-refractivity contribution in [3.63, 3.8) is 0 Å². The van der Waals surface area contributed by atoms with E-state index in [4.69, 9.17) is 20.4 Å². The number of anilines is 2. The Hall–Kier alpha value is -3.67. The molecule has 2 aromatic carbocycles. The third-order valence-electron chi connectivity index (χ3n) is 5.59. The summed E-state index contributed by atoms with van der Waals surface area (Å²) in [6.07, 6.45) is 3.24. The Balaban J connectivity index is 1.60. The predicted octanol–water partition coefficient (Wildman–Crippen LogP) is 1.79. The minimum Gasteiger partial charge on any atom is -0.378 e. The monoisotopic (exact) mass is 477 g/mol. The lowest BCUT2D eigenvalue weighted by atomic mass is 10.0. The number of thiol groups is 1. The normalized spacial score (nSPS) is 14.1. The summed E-state index contributed by atoms with van der Waals surface area (Å²) >= 11 is 0. The molecule has 1 aliphatic rings. The molecule has 0 bridgehead atoms. The second-order valence-electron chi connectivity index (χ2n) is 7.82. The maximum atomic E-state index is 10.9. The van der Waals surface area contributed by atoms with E-state index in [2.05, 4.69) is 19.6 Å². The molecule has 0 aliphatic carbocycles. The quantitative estimate of drug-likeness (QED) is 0.355. The maximum absolute atomic E-state index is 10.9. The molecule has 1 aliphatic heterocycles. The molecule has 1 fully saturated rings. The molecule has 5 rings (SSSR count). The van der Waals surface area contributed by atoms with Crippen molar-refractivity contribution >= 4 is 33.6 Å². The lowest BCUT2D eigenvalue weighted by molar-refractivity contribution is 0.122. The van der Waals surface area contributed by atoms with Crippen molar-refractivity contribution in [1.29, 1.82) is 0 Å². The van der Waals surface area contributed by atoms with Crippen LogP contribution in [0, 0.1) is 0 Å². The highest BCUT2D eigenvalue weighted by atomic mass is 32.2. The fourth-order valence-corrected chi connectivity index (χ4v) is 4.22. The summed E-state index contributed by atoms with van der Waals surface area (Å²) in [5.41, 5.74) is 9.91. The lowest BCUT2D eigenvalue weighted by Crippen LogP contribution is -2.37. The second-order valence-corrected chi connectivity index (χ2v) is 8.65. The van der Waals surface area contributed by atoms with Crippen LogP contribution in [0.25, 0.3) is 33.4 Å². The Morgan fingerprint density at radius 1 is 0.971 bits per heavy atom. The van der Waals surface area contributed by atoms with E-state index in [1.807, 2.05) is 42.5 Å². The van der Waals surface area contributed by atoms with Crippen molar-refractivity contribution in [1.82, 2.24) is 24.7 Å². The van der Waals surface area contributed by atoms with Crippen LogP contribution in [0.1, 0.15) is 5.56 Å². The molecule has 3 heterocycles. The minimum absolute atomic E-state index is 0.191. The first-order valence-electron chi connectivity index (χ1n) is 10.8. The van der Waals surface area contributed by atoms with Gasteiger partial charge in [0.1, 0.15) is 5.82 Å². The smallest absolute Gasteiger partial charge is 0.219 e. The third-order valence-corrected chi connectivity index (χ3v) is 6.01. The second kappa shape index (κ2) is 9.67. The molecule has 11 heteroatoms. The van der Waals surface area contributed by atoms with E-state index in [1.165, 1.54) is 0 Å². The van der Waals surface area contributed by atoms with Crippen LogP contribution in [-0.2, 0) is 22.2 Å². The Morgan fingerprint density at radius 2 is 1.74 bits per heavy atom. The summed E-state index contributed by atoms with van der Waals surface area (Å²) in [7, 11) is -2.65. The van der Waals surface area contributed by atoms with E-state index in [0.717, 1.165) is 46.5 Å². The summed E-state index contributed by atoms with van der Waals surface area (Å²) in [6.45, 7) is 3.00. The number of nitrogens with two attached hydrogens (primary N) is 1. The predicted molar refractivity (Wildman–Crippen MR) is 131 cm³/mol. The number of hydrogen-bond donors (Lipinski definition) is 3. The van der Waals surface area contributed by atoms with E-state index in [0.29, 0.717) is 24.6 Å². The summed E-state index contributed by atoms with van der Waals surface area (Å²) in [5.74, 6) is 1.54. The first-order chi connectivity index (χ1) is 16.6. The zero-order valence-corrected chi connectivity index (χ0v) is 19.1. The van der Waals surface area contributed by atoms with Gasteiger partial charge in [-0.3, -0.25) is 0 Å². The number of hydrogen-bond acceptors (Lipinski definition) is 9. The van der Waals surface area contributed by atoms with Crippen LogP contribution < -0.4 is 15.4 Å². The molecular weight excluding hydrogens is 454 g/mol. The van der Waals surface area contributed by atoms with Gasteiger partial charge in [0.2, 0.25) is 16.8 Å². The molecular formula is C23H23N7O3S. The molecule has 0 amide bonds. The molecule has 0 unspecified atom stereocenters. The number of benzene rings is 2. The van der Waals surface area contributed by atoms with Gasteiger partial charge in [-0.05, 0) is 34.9 Å². The van der Waals surface area contributed by atoms with Crippen LogP contribution in [0.4, 0.5) is 11.8 Å². The molecule has 0 saturated carbocycles. The van der Waals surface area contributed by atoms with Crippen LogP contribution in [0.2, 0.25) is 0 Å². The van der Waals surface area contributed by atoms with Crippen LogP contribution >= 0.6 is 0 Å². The third kappa shape index (κ3) is 4.81. The van der Waals surface area contributed by atoms with Gasteiger partial charge in [0.25, 0.3) is 0 Å². The Morgan fingerprint density at radius 3 is 2.50 bits per heavy atom. The van der Waals surface area contributed by atoms with Gasteiger partial charge in [-0.1, -0.05) is 24.3 Å². The first-order valence-corrected chi connectivity index (χ1v) is 11.9. The van der Waals surface area contributed by atoms with Gasteiger partial charge in [0.05, 0.1) is 24.3 Å².